The molecule has 0 bridgehead atoms. The van der Waals surface area contributed by atoms with Gasteiger partial charge in [0.05, 0.1) is 6.10 Å². The average molecular weight is 347 g/mol. The van der Waals surface area contributed by atoms with E-state index in [2.05, 4.69) is 59.7 Å². The highest BCUT2D eigenvalue weighted by Gasteiger charge is 2.29. The van der Waals surface area contributed by atoms with Gasteiger partial charge in [0.2, 0.25) is 0 Å². The molecule has 25 heavy (non-hydrogen) atoms. The van der Waals surface area contributed by atoms with Gasteiger partial charge in [-0.2, -0.15) is 0 Å². The molecule has 140 valence electrons. The summed E-state index contributed by atoms with van der Waals surface area (Å²) in [5, 5.41) is 8.88. The highest BCUT2D eigenvalue weighted by atomic mass is 16.5. The van der Waals surface area contributed by atoms with Gasteiger partial charge in [-0.3, -0.25) is 0 Å². The van der Waals surface area contributed by atoms with Gasteiger partial charge >= 0.3 is 5.97 Å². The monoisotopic (exact) mass is 346 g/mol. The number of hydrogen-bond donors (Lipinski definition) is 1. The Balaban J connectivity index is 2.24. The van der Waals surface area contributed by atoms with E-state index in [4.69, 9.17) is 9.84 Å². The Morgan fingerprint density at radius 1 is 1.04 bits per heavy atom. The fraction of sp³-hybridized carbons (Fsp3) is 0.682. The van der Waals surface area contributed by atoms with E-state index in [1.165, 1.54) is 16.7 Å². The predicted molar refractivity (Wildman–Crippen MR) is 102 cm³/mol. The molecular weight excluding hydrogens is 312 g/mol. The van der Waals surface area contributed by atoms with Crippen molar-refractivity contribution in [2.24, 2.45) is 5.92 Å². The summed E-state index contributed by atoms with van der Waals surface area (Å²) in [7, 11) is 0. The van der Waals surface area contributed by atoms with Crippen molar-refractivity contribution in [1.29, 1.82) is 0 Å². The molecule has 0 saturated heterocycles. The number of carboxylic acids is 1. The molecule has 1 aromatic carbocycles. The first-order chi connectivity index (χ1) is 11.5. The van der Waals surface area contributed by atoms with E-state index in [1.54, 1.807) is 0 Å². The maximum Gasteiger partial charge on any atom is 0.329 e. The Hall–Kier alpha value is -1.35. The summed E-state index contributed by atoms with van der Waals surface area (Å²) in [5.41, 5.74) is 4.33. The molecule has 1 aromatic rings. The number of aliphatic carboxylic acids is 1. The number of hydrogen-bond acceptors (Lipinski definition) is 2. The summed E-state index contributed by atoms with van der Waals surface area (Å²) in [6, 6.07) is 7.01. The van der Waals surface area contributed by atoms with Gasteiger partial charge in [0.25, 0.3) is 0 Å². The van der Waals surface area contributed by atoms with Crippen LogP contribution in [0.15, 0.2) is 18.2 Å². The molecule has 1 fully saturated rings. The smallest absolute Gasteiger partial charge is 0.329 e. The van der Waals surface area contributed by atoms with Crippen molar-refractivity contribution < 1.29 is 14.6 Å². The van der Waals surface area contributed by atoms with Crippen LogP contribution in [0.4, 0.5) is 0 Å². The molecule has 2 rings (SSSR count). The predicted octanol–water partition coefficient (Wildman–Crippen LogP) is 5.09. The fourth-order valence-corrected chi connectivity index (χ4v) is 3.61. The van der Waals surface area contributed by atoms with Crippen molar-refractivity contribution in [1.82, 2.24) is 0 Å². The van der Waals surface area contributed by atoms with Crippen LogP contribution in [-0.2, 0) is 26.8 Å². The third-order valence-corrected chi connectivity index (χ3v) is 5.23. The SMILES string of the molecule is CC(C)(C)c1cc(C[C@@H]2CCC[C@H]2OCC(=O)O)cc(C(C)(C)C)c1. The lowest BCUT2D eigenvalue weighted by Gasteiger charge is -2.27. The van der Waals surface area contributed by atoms with E-state index in [1.807, 2.05) is 0 Å². The van der Waals surface area contributed by atoms with Crippen LogP contribution in [0.3, 0.4) is 0 Å². The maximum atomic E-state index is 10.8. The molecule has 0 amide bonds. The number of ether oxygens (including phenoxy) is 1. The van der Waals surface area contributed by atoms with Crippen LogP contribution in [0, 0.1) is 5.92 Å². The first-order valence-corrected chi connectivity index (χ1v) is 9.45. The number of rotatable bonds is 5. The van der Waals surface area contributed by atoms with E-state index in [0.717, 1.165) is 25.7 Å². The molecule has 0 aromatic heterocycles. The highest BCUT2D eigenvalue weighted by Crippen LogP contribution is 2.35. The minimum absolute atomic E-state index is 0.0764. The van der Waals surface area contributed by atoms with Crippen molar-refractivity contribution in [3.05, 3.63) is 34.9 Å². The molecule has 3 heteroatoms. The molecular formula is C22H34O3. The molecule has 0 spiro atoms. The Morgan fingerprint density at radius 2 is 1.60 bits per heavy atom. The van der Waals surface area contributed by atoms with Crippen LogP contribution in [0.2, 0.25) is 0 Å². The van der Waals surface area contributed by atoms with E-state index in [-0.39, 0.29) is 23.5 Å². The lowest BCUT2D eigenvalue weighted by atomic mass is 9.78. The summed E-state index contributed by atoms with van der Waals surface area (Å²) < 4.78 is 5.64. The first kappa shape index (κ1) is 20.0. The van der Waals surface area contributed by atoms with Crippen molar-refractivity contribution >= 4 is 5.97 Å². The molecule has 2 atom stereocenters. The van der Waals surface area contributed by atoms with Gasteiger partial charge in [-0.15, -0.1) is 0 Å². The maximum absolute atomic E-state index is 10.8. The quantitative estimate of drug-likeness (QED) is 0.807. The van der Waals surface area contributed by atoms with E-state index < -0.39 is 5.97 Å². The second kappa shape index (κ2) is 7.49. The summed E-state index contributed by atoms with van der Waals surface area (Å²) >= 11 is 0. The Kier molecular flexibility index (Phi) is 5.98. The lowest BCUT2D eigenvalue weighted by Crippen LogP contribution is -2.24. The average Bonchev–Trinajstić information content (AvgIpc) is 2.90. The van der Waals surface area contributed by atoms with Gasteiger partial charge in [-0.1, -0.05) is 66.2 Å². The molecule has 1 saturated carbocycles. The zero-order valence-corrected chi connectivity index (χ0v) is 16.7. The van der Waals surface area contributed by atoms with Crippen LogP contribution in [-0.4, -0.2) is 23.8 Å². The van der Waals surface area contributed by atoms with E-state index >= 15 is 0 Å². The molecule has 1 N–H and O–H groups in total. The standard InChI is InChI=1S/C22H34O3/c1-21(2,3)17-11-15(12-18(13-17)22(4,5)6)10-16-8-7-9-19(16)25-14-20(23)24/h11-13,16,19H,7-10,14H2,1-6H3,(H,23,24)/t16-,19+/m0/s1. The third-order valence-electron chi connectivity index (χ3n) is 5.23. The topological polar surface area (TPSA) is 46.5 Å². The van der Waals surface area contributed by atoms with Gasteiger partial charge in [-0.25, -0.2) is 4.79 Å². The van der Waals surface area contributed by atoms with E-state index in [9.17, 15) is 4.79 Å². The molecule has 0 aliphatic heterocycles. The number of carboxylic acid groups (broad SMARTS) is 1. The summed E-state index contributed by atoms with van der Waals surface area (Å²) in [6.45, 7) is 13.4. The molecule has 0 unspecified atom stereocenters. The van der Waals surface area contributed by atoms with Gasteiger partial charge < -0.3 is 9.84 Å². The molecule has 1 aliphatic carbocycles. The van der Waals surface area contributed by atoms with Gasteiger partial charge in [0.1, 0.15) is 6.61 Å². The largest absolute Gasteiger partial charge is 0.480 e. The van der Waals surface area contributed by atoms with Gasteiger partial charge in [0, 0.05) is 0 Å². The van der Waals surface area contributed by atoms with E-state index in [0.29, 0.717) is 5.92 Å². The second-order valence-corrected chi connectivity index (χ2v) is 9.56. The van der Waals surface area contributed by atoms with Crippen molar-refractivity contribution in [2.75, 3.05) is 6.61 Å². The van der Waals surface area contributed by atoms with Crippen LogP contribution < -0.4 is 0 Å². The summed E-state index contributed by atoms with van der Waals surface area (Å²) in [5.74, 6) is -0.460. The number of carbonyl (C=O) groups is 1. The summed E-state index contributed by atoms with van der Waals surface area (Å²) in [6.07, 6.45) is 4.27. The molecule has 1 aliphatic rings. The Labute approximate surface area is 152 Å². The molecule has 0 heterocycles. The van der Waals surface area contributed by atoms with Gasteiger partial charge in [0.15, 0.2) is 0 Å². The van der Waals surface area contributed by atoms with Crippen molar-refractivity contribution in [2.45, 2.75) is 84.2 Å². The fourth-order valence-electron chi connectivity index (χ4n) is 3.61. The van der Waals surface area contributed by atoms with Crippen LogP contribution in [0.25, 0.3) is 0 Å². The Bertz CT molecular complexity index is 572. The zero-order chi connectivity index (χ0) is 18.8. The minimum Gasteiger partial charge on any atom is -0.480 e. The minimum atomic E-state index is -0.879. The van der Waals surface area contributed by atoms with Crippen LogP contribution in [0.1, 0.15) is 77.5 Å². The Morgan fingerprint density at radius 3 is 2.08 bits per heavy atom. The normalized spacial score (nSPS) is 21.5. The number of benzene rings is 1. The van der Waals surface area contributed by atoms with Crippen molar-refractivity contribution in [3.63, 3.8) is 0 Å². The third kappa shape index (κ3) is 5.57. The summed E-state index contributed by atoms with van der Waals surface area (Å²) in [4.78, 5) is 10.8. The van der Waals surface area contributed by atoms with Crippen molar-refractivity contribution in [3.8, 4) is 0 Å². The highest BCUT2D eigenvalue weighted by molar-refractivity contribution is 5.68. The van der Waals surface area contributed by atoms with Gasteiger partial charge in [-0.05, 0) is 52.7 Å². The van der Waals surface area contributed by atoms with Crippen LogP contribution in [0.5, 0.6) is 0 Å². The lowest BCUT2D eigenvalue weighted by molar-refractivity contribution is -0.145. The zero-order valence-electron chi connectivity index (χ0n) is 16.7. The second-order valence-electron chi connectivity index (χ2n) is 9.56. The first-order valence-electron chi connectivity index (χ1n) is 9.45. The van der Waals surface area contributed by atoms with Crippen LogP contribution >= 0.6 is 0 Å². The molecule has 0 radical (unpaired) electrons. The molecule has 3 nitrogen and oxygen atoms in total.